The third-order valence-electron chi connectivity index (χ3n) is 4.08. The summed E-state index contributed by atoms with van der Waals surface area (Å²) in [6, 6.07) is 12.4. The number of para-hydroxylation sites is 1. The fourth-order valence-corrected chi connectivity index (χ4v) is 2.46. The molecule has 0 aliphatic carbocycles. The second-order valence-electron chi connectivity index (χ2n) is 6.01. The molecule has 0 aromatic heterocycles. The molecular formula is C20H21F3N2O2. The number of hydrogen-bond acceptors (Lipinski definition) is 3. The molecule has 1 N–H and O–H groups in total. The van der Waals surface area contributed by atoms with Gasteiger partial charge >= 0.3 is 6.18 Å². The predicted octanol–water partition coefficient (Wildman–Crippen LogP) is 4.75. The van der Waals surface area contributed by atoms with Crippen molar-refractivity contribution in [2.24, 2.45) is 5.10 Å². The molecule has 0 saturated carbocycles. The number of hydrazone groups is 1. The summed E-state index contributed by atoms with van der Waals surface area (Å²) >= 11 is 0. The van der Waals surface area contributed by atoms with E-state index in [4.69, 9.17) is 4.74 Å². The molecule has 2 aromatic carbocycles. The molecule has 0 aliphatic heterocycles. The van der Waals surface area contributed by atoms with Crippen LogP contribution in [0.4, 0.5) is 13.2 Å². The van der Waals surface area contributed by atoms with Crippen LogP contribution in [-0.4, -0.2) is 18.7 Å². The monoisotopic (exact) mass is 378 g/mol. The van der Waals surface area contributed by atoms with Crippen LogP contribution >= 0.6 is 0 Å². The quantitative estimate of drug-likeness (QED) is 0.558. The number of ether oxygens (including phenoxy) is 1. The number of benzene rings is 2. The summed E-state index contributed by atoms with van der Waals surface area (Å²) in [4.78, 5) is 11.9. The van der Waals surface area contributed by atoms with Crippen molar-refractivity contribution in [3.8, 4) is 5.75 Å². The van der Waals surface area contributed by atoms with Crippen LogP contribution in [0.1, 0.15) is 42.9 Å². The molecule has 0 heterocycles. The van der Waals surface area contributed by atoms with Crippen LogP contribution in [0.15, 0.2) is 53.6 Å². The number of alkyl halides is 3. The fraction of sp³-hybridized carbons (Fsp3) is 0.300. The predicted molar refractivity (Wildman–Crippen MR) is 97.8 cm³/mol. The average molecular weight is 378 g/mol. The molecule has 1 atom stereocenters. The van der Waals surface area contributed by atoms with Gasteiger partial charge in [0, 0.05) is 5.56 Å². The molecule has 2 aromatic rings. The molecule has 0 radical (unpaired) electrons. The Hall–Kier alpha value is -2.83. The van der Waals surface area contributed by atoms with Crippen molar-refractivity contribution in [1.82, 2.24) is 5.43 Å². The van der Waals surface area contributed by atoms with E-state index in [1.807, 2.05) is 18.2 Å². The molecule has 0 fully saturated rings. The van der Waals surface area contributed by atoms with E-state index in [9.17, 15) is 18.0 Å². The first kappa shape index (κ1) is 20.5. The van der Waals surface area contributed by atoms with E-state index in [-0.39, 0.29) is 18.1 Å². The second-order valence-corrected chi connectivity index (χ2v) is 6.01. The Morgan fingerprint density at radius 1 is 1.19 bits per heavy atom. The molecule has 27 heavy (non-hydrogen) atoms. The lowest BCUT2D eigenvalue weighted by Crippen LogP contribution is -2.25. The number of amides is 1. The highest BCUT2D eigenvalue weighted by Gasteiger charge is 2.32. The SMILES string of the molecule is CCC(C)c1ccccc1OCC(=O)NN=Cc1ccccc1C(F)(F)F. The Labute approximate surface area is 156 Å². The highest BCUT2D eigenvalue weighted by Crippen LogP contribution is 2.31. The van der Waals surface area contributed by atoms with Gasteiger partial charge in [0.1, 0.15) is 5.75 Å². The van der Waals surface area contributed by atoms with Crippen LogP contribution in [0.2, 0.25) is 0 Å². The average Bonchev–Trinajstić information content (AvgIpc) is 2.65. The zero-order valence-electron chi connectivity index (χ0n) is 15.1. The molecule has 0 spiro atoms. The number of hydrogen-bond donors (Lipinski definition) is 1. The van der Waals surface area contributed by atoms with Crippen molar-refractivity contribution in [2.75, 3.05) is 6.61 Å². The Balaban J connectivity index is 1.96. The lowest BCUT2D eigenvalue weighted by molar-refractivity contribution is -0.137. The maximum absolute atomic E-state index is 12.9. The van der Waals surface area contributed by atoms with E-state index in [1.165, 1.54) is 18.2 Å². The molecule has 2 rings (SSSR count). The van der Waals surface area contributed by atoms with Crippen LogP contribution in [0, 0.1) is 0 Å². The normalized spacial score (nSPS) is 12.8. The van der Waals surface area contributed by atoms with Crippen LogP contribution in [0.5, 0.6) is 5.75 Å². The largest absolute Gasteiger partial charge is 0.483 e. The number of carbonyl (C=O) groups is 1. The van der Waals surface area contributed by atoms with Gasteiger partial charge in [0.25, 0.3) is 5.91 Å². The molecule has 1 amide bonds. The highest BCUT2D eigenvalue weighted by molar-refractivity contribution is 5.84. The number of rotatable bonds is 7. The number of nitrogens with zero attached hydrogens (tertiary/aromatic N) is 1. The van der Waals surface area contributed by atoms with Crippen molar-refractivity contribution in [3.05, 3.63) is 65.2 Å². The third-order valence-corrected chi connectivity index (χ3v) is 4.08. The van der Waals surface area contributed by atoms with E-state index >= 15 is 0 Å². The van der Waals surface area contributed by atoms with E-state index in [1.54, 1.807) is 6.07 Å². The summed E-state index contributed by atoms with van der Waals surface area (Å²) in [5, 5.41) is 3.60. The minimum atomic E-state index is -4.49. The van der Waals surface area contributed by atoms with Gasteiger partial charge in [0.05, 0.1) is 11.8 Å². The lowest BCUT2D eigenvalue weighted by Gasteiger charge is -2.15. The summed E-state index contributed by atoms with van der Waals surface area (Å²) in [5.74, 6) is 0.323. The summed E-state index contributed by atoms with van der Waals surface area (Å²) in [6.45, 7) is 3.83. The van der Waals surface area contributed by atoms with E-state index in [0.717, 1.165) is 24.3 Å². The molecule has 144 valence electrons. The van der Waals surface area contributed by atoms with Crippen molar-refractivity contribution < 1.29 is 22.7 Å². The summed E-state index contributed by atoms with van der Waals surface area (Å²) in [5.41, 5.74) is 2.23. The van der Waals surface area contributed by atoms with Crippen LogP contribution in [0.3, 0.4) is 0 Å². The number of carbonyl (C=O) groups excluding carboxylic acids is 1. The zero-order valence-corrected chi connectivity index (χ0v) is 15.1. The maximum atomic E-state index is 12.9. The minimum absolute atomic E-state index is 0.131. The van der Waals surface area contributed by atoms with Gasteiger partial charge < -0.3 is 4.74 Å². The summed E-state index contributed by atoms with van der Waals surface area (Å²) < 4.78 is 44.3. The fourth-order valence-electron chi connectivity index (χ4n) is 2.46. The van der Waals surface area contributed by atoms with Crippen molar-refractivity contribution in [1.29, 1.82) is 0 Å². The smallest absolute Gasteiger partial charge is 0.417 e. The van der Waals surface area contributed by atoms with Gasteiger partial charge in [-0.05, 0) is 30.0 Å². The Kier molecular flexibility index (Phi) is 6.98. The Bertz CT molecular complexity index is 804. The molecule has 0 saturated heterocycles. The van der Waals surface area contributed by atoms with Crippen LogP contribution in [-0.2, 0) is 11.0 Å². The first-order valence-corrected chi connectivity index (χ1v) is 8.52. The van der Waals surface area contributed by atoms with Crippen molar-refractivity contribution in [2.45, 2.75) is 32.4 Å². The molecule has 0 bridgehead atoms. The third kappa shape index (κ3) is 5.84. The van der Waals surface area contributed by atoms with E-state index in [2.05, 4.69) is 24.4 Å². The first-order valence-electron chi connectivity index (χ1n) is 8.52. The van der Waals surface area contributed by atoms with E-state index < -0.39 is 17.6 Å². The van der Waals surface area contributed by atoms with Gasteiger partial charge in [0.15, 0.2) is 6.61 Å². The van der Waals surface area contributed by atoms with Gasteiger partial charge in [-0.15, -0.1) is 0 Å². The van der Waals surface area contributed by atoms with Crippen LogP contribution < -0.4 is 10.2 Å². The minimum Gasteiger partial charge on any atom is -0.483 e. The van der Waals surface area contributed by atoms with Gasteiger partial charge in [-0.3, -0.25) is 4.79 Å². The molecular weight excluding hydrogens is 357 g/mol. The maximum Gasteiger partial charge on any atom is 0.417 e. The number of halogens is 3. The number of nitrogens with one attached hydrogen (secondary N) is 1. The summed E-state index contributed by atoms with van der Waals surface area (Å²) in [6.07, 6.45) is -2.60. The van der Waals surface area contributed by atoms with Gasteiger partial charge in [0.2, 0.25) is 0 Å². The standard InChI is InChI=1S/C20H21F3N2O2/c1-3-14(2)16-9-5-7-11-18(16)27-13-19(26)25-24-12-15-8-4-6-10-17(15)20(21,22)23/h4-12,14H,3,13H2,1-2H3,(H,25,26). The van der Waals surface area contributed by atoms with Gasteiger partial charge in [-0.25, -0.2) is 5.43 Å². The van der Waals surface area contributed by atoms with Gasteiger partial charge in [-0.2, -0.15) is 18.3 Å². The molecule has 0 aliphatic rings. The second kappa shape index (κ2) is 9.21. The Morgan fingerprint density at radius 2 is 1.85 bits per heavy atom. The Morgan fingerprint density at radius 3 is 2.56 bits per heavy atom. The van der Waals surface area contributed by atoms with Crippen molar-refractivity contribution in [3.63, 3.8) is 0 Å². The summed E-state index contributed by atoms with van der Waals surface area (Å²) in [7, 11) is 0. The van der Waals surface area contributed by atoms with Gasteiger partial charge in [-0.1, -0.05) is 50.2 Å². The molecule has 4 nitrogen and oxygen atoms in total. The molecule has 7 heteroatoms. The van der Waals surface area contributed by atoms with E-state index in [0.29, 0.717) is 5.75 Å². The topological polar surface area (TPSA) is 50.7 Å². The highest BCUT2D eigenvalue weighted by atomic mass is 19.4. The lowest BCUT2D eigenvalue weighted by atomic mass is 9.98. The van der Waals surface area contributed by atoms with Crippen LogP contribution in [0.25, 0.3) is 0 Å². The zero-order chi connectivity index (χ0) is 19.9. The first-order chi connectivity index (χ1) is 12.8. The van der Waals surface area contributed by atoms with Crippen molar-refractivity contribution >= 4 is 12.1 Å². The molecule has 1 unspecified atom stereocenters.